The van der Waals surface area contributed by atoms with Gasteiger partial charge in [0.2, 0.25) is 0 Å². The molecule has 0 saturated carbocycles. The predicted molar refractivity (Wildman–Crippen MR) is 138 cm³/mol. The van der Waals surface area contributed by atoms with Gasteiger partial charge in [-0.3, -0.25) is 5.41 Å². The third-order valence-electron chi connectivity index (χ3n) is 5.72. The molecule has 1 aliphatic rings. The van der Waals surface area contributed by atoms with Crippen molar-refractivity contribution in [2.75, 3.05) is 43.2 Å². The van der Waals surface area contributed by atoms with Crippen molar-refractivity contribution >= 4 is 45.6 Å². The fourth-order valence-corrected chi connectivity index (χ4v) is 4.83. The smallest absolute Gasteiger partial charge is 0.176 e. The second-order valence-corrected chi connectivity index (χ2v) is 9.99. The highest BCUT2D eigenvalue weighted by molar-refractivity contribution is 8.13. The maximum absolute atomic E-state index is 8.12. The minimum Gasteiger partial charge on any atom is -0.371 e. The first kappa shape index (κ1) is 25.0. The molecular weight excluding hydrogens is 410 g/mol. The van der Waals surface area contributed by atoms with Gasteiger partial charge < -0.3 is 20.4 Å². The van der Waals surface area contributed by atoms with E-state index in [-0.39, 0.29) is 0 Å². The molecule has 0 bridgehead atoms. The zero-order valence-electron chi connectivity index (χ0n) is 19.0. The average Bonchev–Trinajstić information content (AvgIpc) is 2.73. The molecule has 2 rings (SSSR count). The Morgan fingerprint density at radius 3 is 2.50 bits per heavy atom. The van der Waals surface area contributed by atoms with Gasteiger partial charge in [0.25, 0.3) is 0 Å². The first-order chi connectivity index (χ1) is 14.4. The number of amidine groups is 1. The number of unbranched alkanes of at least 4 members (excludes halogenated alkanes) is 2. The van der Waals surface area contributed by atoms with Crippen LogP contribution in [-0.2, 0) is 0 Å². The highest BCUT2D eigenvalue weighted by Gasteiger charge is 2.20. The largest absolute Gasteiger partial charge is 0.371 e. The van der Waals surface area contributed by atoms with Crippen LogP contribution >= 0.6 is 24.0 Å². The lowest BCUT2D eigenvalue weighted by molar-refractivity contribution is 0.249. The summed E-state index contributed by atoms with van der Waals surface area (Å²) >= 11 is 6.92. The van der Waals surface area contributed by atoms with Crippen molar-refractivity contribution in [3.8, 4) is 0 Å². The number of benzene rings is 1. The molecule has 3 N–H and O–H groups in total. The molecule has 1 fully saturated rings. The molecule has 7 heteroatoms. The molecule has 30 heavy (non-hydrogen) atoms. The quantitative estimate of drug-likeness (QED) is 0.203. The van der Waals surface area contributed by atoms with Crippen molar-refractivity contribution in [3.05, 3.63) is 24.3 Å². The molecule has 5 nitrogen and oxygen atoms in total. The molecule has 0 amide bonds. The Hall–Kier alpha value is -1.31. The Morgan fingerprint density at radius 1 is 1.23 bits per heavy atom. The average molecular weight is 450 g/mol. The summed E-state index contributed by atoms with van der Waals surface area (Å²) < 4.78 is 0. The molecule has 0 radical (unpaired) electrons. The third-order valence-corrected chi connectivity index (χ3v) is 7.06. The lowest BCUT2D eigenvalue weighted by Crippen LogP contribution is -2.41. The number of nitrogens with zero attached hydrogens (tertiary/aromatic N) is 2. The van der Waals surface area contributed by atoms with Crippen molar-refractivity contribution < 1.29 is 0 Å². The Labute approximate surface area is 192 Å². The summed E-state index contributed by atoms with van der Waals surface area (Å²) in [6.07, 6.45) is 7.48. The number of thiocarbonyl (C=S) groups is 1. The zero-order chi connectivity index (χ0) is 21.9. The van der Waals surface area contributed by atoms with Crippen LogP contribution in [0, 0.1) is 11.3 Å². The van der Waals surface area contributed by atoms with Crippen molar-refractivity contribution in [3.63, 3.8) is 0 Å². The predicted octanol–water partition coefficient (Wildman–Crippen LogP) is 5.39. The van der Waals surface area contributed by atoms with Crippen LogP contribution < -0.4 is 15.5 Å². The number of hydrogen-bond acceptors (Lipinski definition) is 5. The van der Waals surface area contributed by atoms with Gasteiger partial charge in [-0.05, 0) is 75.8 Å². The van der Waals surface area contributed by atoms with Crippen LogP contribution in [0.4, 0.5) is 11.4 Å². The molecule has 0 aromatic heterocycles. The summed E-state index contributed by atoms with van der Waals surface area (Å²) in [4.78, 5) is 4.79. The van der Waals surface area contributed by atoms with Gasteiger partial charge in [-0.25, -0.2) is 0 Å². The molecule has 0 unspecified atom stereocenters. The summed E-state index contributed by atoms with van der Waals surface area (Å²) in [7, 11) is 4.34. The Morgan fingerprint density at radius 2 is 1.90 bits per heavy atom. The van der Waals surface area contributed by atoms with Crippen molar-refractivity contribution in [2.24, 2.45) is 5.92 Å². The standard InChI is InChI=1S/C23H39N5S2/c1-5-6-7-8-18(2)17-30-22(24)26-23(29)25-19-9-11-21(12-10-19)28-15-13-20(14-16-28)27(3)4/h9-12,18,20H,5-8,13-17H2,1-4H3,(H3,24,25,26,29)/t18-/m0/s1. The van der Waals surface area contributed by atoms with Crippen LogP contribution in [0.3, 0.4) is 0 Å². The van der Waals surface area contributed by atoms with Gasteiger partial charge in [-0.1, -0.05) is 44.9 Å². The summed E-state index contributed by atoms with van der Waals surface area (Å²) in [6.45, 7) is 6.69. The Kier molecular flexibility index (Phi) is 11.0. The van der Waals surface area contributed by atoms with Crippen LogP contribution in [0.2, 0.25) is 0 Å². The minimum absolute atomic E-state index is 0.412. The maximum Gasteiger partial charge on any atom is 0.176 e. The van der Waals surface area contributed by atoms with Gasteiger partial charge in [0.15, 0.2) is 10.3 Å². The first-order valence-corrected chi connectivity index (χ1v) is 12.6. The van der Waals surface area contributed by atoms with Gasteiger partial charge in [0.05, 0.1) is 0 Å². The van der Waals surface area contributed by atoms with Gasteiger partial charge >= 0.3 is 0 Å². The SMILES string of the molecule is CCCCC[C@H](C)CSC(=N)NC(=S)Nc1ccc(N2CCC(N(C)C)CC2)cc1. The minimum atomic E-state index is 0.412. The van der Waals surface area contributed by atoms with Gasteiger partial charge in [-0.15, -0.1) is 0 Å². The number of rotatable bonds is 9. The number of piperidine rings is 1. The van der Waals surface area contributed by atoms with E-state index in [1.165, 1.54) is 56.0 Å². The van der Waals surface area contributed by atoms with Gasteiger partial charge in [-0.2, -0.15) is 0 Å². The van der Waals surface area contributed by atoms with Crippen LogP contribution in [0.1, 0.15) is 52.4 Å². The normalized spacial score (nSPS) is 15.8. The van der Waals surface area contributed by atoms with E-state index < -0.39 is 0 Å². The number of anilines is 2. The fourth-order valence-electron chi connectivity index (χ4n) is 3.75. The third kappa shape index (κ3) is 8.82. The van der Waals surface area contributed by atoms with E-state index in [0.717, 1.165) is 24.5 Å². The summed E-state index contributed by atoms with van der Waals surface area (Å²) in [5, 5.41) is 15.2. The van der Waals surface area contributed by atoms with E-state index in [0.29, 0.717) is 22.2 Å². The van der Waals surface area contributed by atoms with E-state index in [1.807, 2.05) is 0 Å². The van der Waals surface area contributed by atoms with E-state index in [2.05, 4.69) is 72.6 Å². The van der Waals surface area contributed by atoms with E-state index in [9.17, 15) is 0 Å². The first-order valence-electron chi connectivity index (χ1n) is 11.2. The second-order valence-electron chi connectivity index (χ2n) is 8.55. The molecular formula is C23H39N5S2. The van der Waals surface area contributed by atoms with E-state index in [1.54, 1.807) is 0 Å². The number of hydrogen-bond donors (Lipinski definition) is 3. The highest BCUT2D eigenvalue weighted by atomic mass is 32.2. The molecule has 1 aliphatic heterocycles. The van der Waals surface area contributed by atoms with Crippen LogP contribution in [0.5, 0.6) is 0 Å². The van der Waals surface area contributed by atoms with Crippen molar-refractivity contribution in [1.29, 1.82) is 5.41 Å². The molecule has 1 saturated heterocycles. The Bertz CT molecular complexity index is 654. The topological polar surface area (TPSA) is 54.4 Å². The van der Waals surface area contributed by atoms with Crippen molar-refractivity contribution in [2.45, 2.75) is 58.4 Å². The highest BCUT2D eigenvalue weighted by Crippen LogP contribution is 2.23. The van der Waals surface area contributed by atoms with Crippen LogP contribution in [0.25, 0.3) is 0 Å². The lowest BCUT2D eigenvalue weighted by Gasteiger charge is -2.36. The summed E-state index contributed by atoms with van der Waals surface area (Å²) in [5.74, 6) is 1.58. The molecule has 168 valence electrons. The molecule has 0 aliphatic carbocycles. The van der Waals surface area contributed by atoms with Gasteiger partial charge in [0, 0.05) is 36.3 Å². The lowest BCUT2D eigenvalue weighted by atomic mass is 10.0. The van der Waals surface area contributed by atoms with Crippen LogP contribution in [-0.4, -0.2) is 54.2 Å². The molecule has 1 aromatic carbocycles. The summed E-state index contributed by atoms with van der Waals surface area (Å²) in [5.41, 5.74) is 2.21. The van der Waals surface area contributed by atoms with E-state index in [4.69, 9.17) is 17.6 Å². The number of nitrogens with one attached hydrogen (secondary N) is 3. The van der Waals surface area contributed by atoms with Crippen LogP contribution in [0.15, 0.2) is 24.3 Å². The molecule has 1 heterocycles. The zero-order valence-corrected chi connectivity index (χ0v) is 20.7. The van der Waals surface area contributed by atoms with E-state index >= 15 is 0 Å². The fraction of sp³-hybridized carbons (Fsp3) is 0.652. The monoisotopic (exact) mass is 449 g/mol. The second kappa shape index (κ2) is 13.2. The molecule has 1 atom stereocenters. The van der Waals surface area contributed by atoms with Crippen molar-refractivity contribution in [1.82, 2.24) is 10.2 Å². The molecule has 1 aromatic rings. The summed E-state index contributed by atoms with van der Waals surface area (Å²) in [6, 6.07) is 9.12. The number of thioether (sulfide) groups is 1. The Balaban J connectivity index is 1.71. The van der Waals surface area contributed by atoms with Gasteiger partial charge in [0.1, 0.15) is 0 Å². The molecule has 0 spiro atoms. The maximum atomic E-state index is 8.12.